The summed E-state index contributed by atoms with van der Waals surface area (Å²) in [6, 6.07) is 0. The zero-order chi connectivity index (χ0) is 13.7. The maximum atomic E-state index is 11.9. The number of aromatic nitrogens is 6. The molecule has 19 heavy (non-hydrogen) atoms. The lowest BCUT2D eigenvalue weighted by Crippen LogP contribution is -2.22. The Bertz CT molecular complexity index is 540. The third-order valence-corrected chi connectivity index (χ3v) is 2.38. The van der Waals surface area contributed by atoms with Gasteiger partial charge in [0.05, 0.1) is 12.4 Å². The van der Waals surface area contributed by atoms with E-state index in [0.29, 0.717) is 5.82 Å². The first kappa shape index (κ1) is 12.9. The number of H-pyrrole nitrogens is 1. The highest BCUT2D eigenvalue weighted by atomic mass is 16.2. The fraction of sp³-hybridized carbons (Fsp3) is 0.400. The minimum Gasteiger partial charge on any atom is -0.358 e. The van der Waals surface area contributed by atoms with Crippen molar-refractivity contribution in [3.05, 3.63) is 18.1 Å². The number of amides is 1. The average Bonchev–Trinajstić information content (AvgIpc) is 2.92. The summed E-state index contributed by atoms with van der Waals surface area (Å²) in [7, 11) is 1.90. The molecule has 0 spiro atoms. The highest BCUT2D eigenvalue weighted by Crippen LogP contribution is 2.08. The second-order valence-corrected chi connectivity index (χ2v) is 3.87. The molecule has 0 saturated carbocycles. The van der Waals surface area contributed by atoms with Gasteiger partial charge in [0.15, 0.2) is 0 Å². The van der Waals surface area contributed by atoms with Crippen LogP contribution in [0.3, 0.4) is 0 Å². The molecule has 0 bridgehead atoms. The SMILES string of the molecule is CCCN(C)c1cncc(C(=O)Nc2nn[nH]n2)n1. The van der Waals surface area contributed by atoms with E-state index in [9.17, 15) is 4.79 Å². The molecule has 2 N–H and O–H groups in total. The fourth-order valence-corrected chi connectivity index (χ4v) is 1.48. The molecule has 0 aliphatic rings. The van der Waals surface area contributed by atoms with Gasteiger partial charge in [0, 0.05) is 13.6 Å². The lowest BCUT2D eigenvalue weighted by Gasteiger charge is -2.16. The highest BCUT2D eigenvalue weighted by molar-refractivity contribution is 6.01. The molecule has 0 radical (unpaired) electrons. The average molecular weight is 262 g/mol. The lowest BCUT2D eigenvalue weighted by atomic mass is 10.4. The second kappa shape index (κ2) is 5.85. The van der Waals surface area contributed by atoms with Crippen molar-refractivity contribution in [2.75, 3.05) is 23.8 Å². The summed E-state index contributed by atoms with van der Waals surface area (Å²) in [5, 5.41) is 15.3. The first-order valence-electron chi connectivity index (χ1n) is 5.78. The van der Waals surface area contributed by atoms with Crippen molar-refractivity contribution in [1.82, 2.24) is 30.6 Å². The van der Waals surface area contributed by atoms with E-state index in [1.165, 1.54) is 6.20 Å². The van der Waals surface area contributed by atoms with E-state index in [1.54, 1.807) is 6.20 Å². The van der Waals surface area contributed by atoms with E-state index in [-0.39, 0.29) is 11.6 Å². The number of anilines is 2. The maximum absolute atomic E-state index is 11.9. The van der Waals surface area contributed by atoms with Crippen molar-refractivity contribution < 1.29 is 4.79 Å². The van der Waals surface area contributed by atoms with Gasteiger partial charge in [0.25, 0.3) is 11.9 Å². The Morgan fingerprint density at radius 2 is 2.32 bits per heavy atom. The number of nitrogens with one attached hydrogen (secondary N) is 2. The van der Waals surface area contributed by atoms with E-state index >= 15 is 0 Å². The van der Waals surface area contributed by atoms with Crippen molar-refractivity contribution in [2.24, 2.45) is 0 Å². The zero-order valence-corrected chi connectivity index (χ0v) is 10.7. The molecule has 0 atom stereocenters. The molecule has 2 heterocycles. The standard InChI is InChI=1S/C10H14N8O/c1-3-4-18(2)8-6-11-5-7(12-8)9(19)13-10-14-16-17-15-10/h5-6H,3-4H2,1-2H3,(H2,13,14,15,16,17,19). The Hall–Kier alpha value is -2.58. The molecule has 9 heteroatoms. The normalized spacial score (nSPS) is 10.2. The van der Waals surface area contributed by atoms with Crippen LogP contribution in [-0.2, 0) is 0 Å². The van der Waals surface area contributed by atoms with Crippen molar-refractivity contribution in [3.63, 3.8) is 0 Å². The van der Waals surface area contributed by atoms with Gasteiger partial charge in [-0.3, -0.25) is 15.1 Å². The molecular weight excluding hydrogens is 248 g/mol. The van der Waals surface area contributed by atoms with Gasteiger partial charge in [-0.15, -0.1) is 5.10 Å². The van der Waals surface area contributed by atoms with Crippen molar-refractivity contribution in [2.45, 2.75) is 13.3 Å². The molecule has 0 saturated heterocycles. The van der Waals surface area contributed by atoms with Crippen molar-refractivity contribution in [1.29, 1.82) is 0 Å². The smallest absolute Gasteiger partial charge is 0.278 e. The number of nitrogens with zero attached hydrogens (tertiary/aromatic N) is 6. The minimum absolute atomic E-state index is 0.0964. The number of carbonyl (C=O) groups excluding carboxylic acids is 1. The summed E-state index contributed by atoms with van der Waals surface area (Å²) in [6.07, 6.45) is 3.98. The van der Waals surface area contributed by atoms with E-state index in [4.69, 9.17) is 0 Å². The van der Waals surface area contributed by atoms with Crippen molar-refractivity contribution >= 4 is 17.7 Å². The number of aromatic amines is 1. The number of hydrogen-bond acceptors (Lipinski definition) is 7. The van der Waals surface area contributed by atoms with Crippen LogP contribution in [0.4, 0.5) is 11.8 Å². The van der Waals surface area contributed by atoms with Gasteiger partial charge < -0.3 is 4.90 Å². The predicted molar refractivity (Wildman–Crippen MR) is 67.7 cm³/mol. The van der Waals surface area contributed by atoms with Crippen LogP contribution in [0.15, 0.2) is 12.4 Å². The summed E-state index contributed by atoms with van der Waals surface area (Å²) < 4.78 is 0. The van der Waals surface area contributed by atoms with Crippen LogP contribution in [0.5, 0.6) is 0 Å². The van der Waals surface area contributed by atoms with Crippen LogP contribution < -0.4 is 10.2 Å². The topological polar surface area (TPSA) is 113 Å². The van der Waals surface area contributed by atoms with Gasteiger partial charge in [-0.25, -0.2) is 4.98 Å². The molecular formula is C10H14N8O. The van der Waals surface area contributed by atoms with Crippen molar-refractivity contribution in [3.8, 4) is 0 Å². The maximum Gasteiger partial charge on any atom is 0.278 e. The summed E-state index contributed by atoms with van der Waals surface area (Å²) >= 11 is 0. The molecule has 1 amide bonds. The van der Waals surface area contributed by atoms with Gasteiger partial charge in [-0.2, -0.15) is 5.21 Å². The Morgan fingerprint density at radius 3 is 3.00 bits per heavy atom. The van der Waals surface area contributed by atoms with E-state index in [2.05, 4.69) is 42.8 Å². The van der Waals surface area contributed by atoms with E-state index < -0.39 is 5.91 Å². The third-order valence-electron chi connectivity index (χ3n) is 2.38. The molecule has 0 aromatic carbocycles. The van der Waals surface area contributed by atoms with Gasteiger partial charge in [-0.05, 0) is 11.6 Å². The molecule has 0 unspecified atom stereocenters. The molecule has 100 valence electrons. The first-order chi connectivity index (χ1) is 9.20. The summed E-state index contributed by atoms with van der Waals surface area (Å²) in [5.41, 5.74) is 0.199. The van der Waals surface area contributed by atoms with E-state index in [0.717, 1.165) is 13.0 Å². The van der Waals surface area contributed by atoms with Crippen LogP contribution in [0.1, 0.15) is 23.8 Å². The highest BCUT2D eigenvalue weighted by Gasteiger charge is 2.12. The zero-order valence-electron chi connectivity index (χ0n) is 10.7. The molecule has 0 aliphatic carbocycles. The quantitative estimate of drug-likeness (QED) is 0.785. The molecule has 0 fully saturated rings. The predicted octanol–water partition coefficient (Wildman–Crippen LogP) is 0.0882. The number of hydrogen-bond donors (Lipinski definition) is 2. The van der Waals surface area contributed by atoms with Crippen LogP contribution in [0, 0.1) is 0 Å². The van der Waals surface area contributed by atoms with Gasteiger partial charge >= 0.3 is 0 Å². The minimum atomic E-state index is -0.430. The number of rotatable bonds is 5. The van der Waals surface area contributed by atoms with Crippen LogP contribution >= 0.6 is 0 Å². The number of tetrazole rings is 1. The van der Waals surface area contributed by atoms with E-state index in [1.807, 2.05) is 11.9 Å². The molecule has 2 aromatic heterocycles. The summed E-state index contributed by atoms with van der Waals surface area (Å²) in [6.45, 7) is 2.90. The van der Waals surface area contributed by atoms with Gasteiger partial charge in [-0.1, -0.05) is 12.0 Å². The van der Waals surface area contributed by atoms with Crippen LogP contribution in [0.25, 0.3) is 0 Å². The fourth-order valence-electron chi connectivity index (χ4n) is 1.48. The molecule has 2 rings (SSSR count). The first-order valence-corrected chi connectivity index (χ1v) is 5.78. The number of carbonyl (C=O) groups is 1. The largest absolute Gasteiger partial charge is 0.358 e. The Morgan fingerprint density at radius 1 is 1.47 bits per heavy atom. The summed E-state index contributed by atoms with van der Waals surface area (Å²) in [4.78, 5) is 22.1. The Labute approximate surface area is 109 Å². The monoisotopic (exact) mass is 262 g/mol. The molecule has 2 aromatic rings. The lowest BCUT2D eigenvalue weighted by molar-refractivity contribution is 0.102. The van der Waals surface area contributed by atoms with Gasteiger partial charge in [0.2, 0.25) is 0 Å². The molecule has 0 aliphatic heterocycles. The van der Waals surface area contributed by atoms with Gasteiger partial charge in [0.1, 0.15) is 11.5 Å². The Kier molecular flexibility index (Phi) is 3.96. The second-order valence-electron chi connectivity index (χ2n) is 3.87. The Balaban J connectivity index is 2.11. The van der Waals surface area contributed by atoms with Crippen LogP contribution in [-0.4, -0.2) is 50.1 Å². The summed E-state index contributed by atoms with van der Waals surface area (Å²) in [5.74, 6) is 0.308. The third kappa shape index (κ3) is 3.21. The van der Waals surface area contributed by atoms with Crippen LogP contribution in [0.2, 0.25) is 0 Å². The molecule has 9 nitrogen and oxygen atoms in total.